The Labute approximate surface area is 94.0 Å². The number of rotatable bonds is 4. The minimum Gasteiger partial charge on any atom is -0.383 e. The smallest absolute Gasteiger partial charge is 0.321 e. The quantitative estimate of drug-likeness (QED) is 0.852. The van der Waals surface area contributed by atoms with Gasteiger partial charge in [-0.05, 0) is 24.3 Å². The van der Waals surface area contributed by atoms with Crippen molar-refractivity contribution in [3.63, 3.8) is 0 Å². The van der Waals surface area contributed by atoms with Crippen molar-refractivity contribution in [2.45, 2.75) is 0 Å². The van der Waals surface area contributed by atoms with E-state index in [0.717, 1.165) is 0 Å². The molecule has 1 rings (SSSR count). The largest absolute Gasteiger partial charge is 0.383 e. The van der Waals surface area contributed by atoms with Gasteiger partial charge in [-0.3, -0.25) is 0 Å². The zero-order valence-corrected chi connectivity index (χ0v) is 9.37. The molecule has 0 atom stereocenters. The summed E-state index contributed by atoms with van der Waals surface area (Å²) in [6.45, 7) is 0.983. The molecule has 0 radical (unpaired) electrons. The summed E-state index contributed by atoms with van der Waals surface area (Å²) in [5.74, 6) is -0.328. The van der Waals surface area contributed by atoms with Crippen molar-refractivity contribution >= 4 is 11.7 Å². The molecule has 0 spiro atoms. The fourth-order valence-corrected chi connectivity index (χ4v) is 1.08. The summed E-state index contributed by atoms with van der Waals surface area (Å²) in [6.07, 6.45) is 0. The van der Waals surface area contributed by atoms with Crippen LogP contribution in [0.1, 0.15) is 0 Å². The number of halogens is 1. The summed E-state index contributed by atoms with van der Waals surface area (Å²) in [6, 6.07) is 5.37. The highest BCUT2D eigenvalue weighted by molar-refractivity contribution is 5.89. The molecule has 0 aliphatic rings. The van der Waals surface area contributed by atoms with Gasteiger partial charge in [0.2, 0.25) is 0 Å². The van der Waals surface area contributed by atoms with Crippen LogP contribution in [0.4, 0.5) is 14.9 Å². The van der Waals surface area contributed by atoms with Crippen LogP contribution in [0.2, 0.25) is 0 Å². The van der Waals surface area contributed by atoms with E-state index in [1.165, 1.54) is 29.2 Å². The second-order valence-corrected chi connectivity index (χ2v) is 3.35. The van der Waals surface area contributed by atoms with E-state index < -0.39 is 0 Å². The number of hydrogen-bond acceptors (Lipinski definition) is 2. The topological polar surface area (TPSA) is 41.6 Å². The fraction of sp³-hybridized carbons (Fsp3) is 0.364. The van der Waals surface area contributed by atoms with E-state index in [-0.39, 0.29) is 11.8 Å². The van der Waals surface area contributed by atoms with Crippen LogP contribution in [-0.4, -0.2) is 38.2 Å². The number of benzene rings is 1. The zero-order chi connectivity index (χ0) is 12.0. The maximum Gasteiger partial charge on any atom is 0.321 e. The number of hydrogen-bond donors (Lipinski definition) is 1. The second-order valence-electron chi connectivity index (χ2n) is 3.35. The van der Waals surface area contributed by atoms with Crippen LogP contribution in [0.25, 0.3) is 0 Å². The Morgan fingerprint density at radius 2 is 2.06 bits per heavy atom. The predicted octanol–water partition coefficient (Wildman–Crippen LogP) is 1.94. The van der Waals surface area contributed by atoms with E-state index in [1.54, 1.807) is 14.2 Å². The van der Waals surface area contributed by atoms with Crippen molar-refractivity contribution in [1.82, 2.24) is 4.90 Å². The summed E-state index contributed by atoms with van der Waals surface area (Å²) in [5.41, 5.74) is 0.565. The van der Waals surface area contributed by atoms with Crippen LogP contribution in [0.3, 0.4) is 0 Å². The van der Waals surface area contributed by atoms with Crippen molar-refractivity contribution in [3.8, 4) is 0 Å². The maximum absolute atomic E-state index is 12.6. The van der Waals surface area contributed by atoms with Gasteiger partial charge in [0, 0.05) is 26.4 Å². The molecule has 16 heavy (non-hydrogen) atoms. The van der Waals surface area contributed by atoms with E-state index in [4.69, 9.17) is 4.74 Å². The fourth-order valence-electron chi connectivity index (χ4n) is 1.08. The summed E-state index contributed by atoms with van der Waals surface area (Å²) in [4.78, 5) is 13.1. The molecule has 0 saturated heterocycles. The molecule has 0 aliphatic heterocycles. The van der Waals surface area contributed by atoms with Gasteiger partial charge in [-0.2, -0.15) is 0 Å². The van der Waals surface area contributed by atoms with Gasteiger partial charge < -0.3 is 15.0 Å². The molecule has 0 aliphatic carbocycles. The van der Waals surface area contributed by atoms with E-state index in [2.05, 4.69) is 5.32 Å². The first-order chi connectivity index (χ1) is 7.63. The first kappa shape index (κ1) is 12.4. The molecule has 1 aromatic rings. The lowest BCUT2D eigenvalue weighted by Crippen LogP contribution is -2.33. The highest BCUT2D eigenvalue weighted by atomic mass is 19.1. The summed E-state index contributed by atoms with van der Waals surface area (Å²) >= 11 is 0. The van der Waals surface area contributed by atoms with Crippen LogP contribution in [0.15, 0.2) is 24.3 Å². The number of likely N-dealkylation sites (N-methyl/N-ethyl adjacent to an activating group) is 1. The van der Waals surface area contributed by atoms with Crippen LogP contribution in [0, 0.1) is 5.82 Å². The molecule has 0 fully saturated rings. The second kappa shape index (κ2) is 6.07. The first-order valence-electron chi connectivity index (χ1n) is 4.90. The van der Waals surface area contributed by atoms with E-state index in [0.29, 0.717) is 18.8 Å². The number of ether oxygens (including phenoxy) is 1. The zero-order valence-electron chi connectivity index (χ0n) is 9.37. The third-order valence-corrected chi connectivity index (χ3v) is 2.07. The Kier molecular flexibility index (Phi) is 4.72. The molecule has 4 nitrogen and oxygen atoms in total. The Balaban J connectivity index is 2.47. The molecule has 0 unspecified atom stereocenters. The Hall–Kier alpha value is -1.62. The van der Waals surface area contributed by atoms with E-state index in [1.807, 2.05) is 0 Å². The minimum absolute atomic E-state index is 0.247. The number of carbonyl (C=O) groups is 1. The van der Waals surface area contributed by atoms with Gasteiger partial charge >= 0.3 is 6.03 Å². The highest BCUT2D eigenvalue weighted by Gasteiger charge is 2.07. The third-order valence-electron chi connectivity index (χ3n) is 2.07. The molecule has 5 heteroatoms. The maximum atomic E-state index is 12.6. The predicted molar refractivity (Wildman–Crippen MR) is 59.9 cm³/mol. The number of anilines is 1. The average molecular weight is 226 g/mol. The van der Waals surface area contributed by atoms with Crippen molar-refractivity contribution < 1.29 is 13.9 Å². The van der Waals surface area contributed by atoms with Crippen LogP contribution < -0.4 is 5.32 Å². The van der Waals surface area contributed by atoms with Gasteiger partial charge in [0.1, 0.15) is 5.82 Å². The van der Waals surface area contributed by atoms with Gasteiger partial charge in [-0.25, -0.2) is 9.18 Å². The molecule has 0 aromatic heterocycles. The normalized spacial score (nSPS) is 9.94. The molecular weight excluding hydrogens is 211 g/mol. The lowest BCUT2D eigenvalue weighted by molar-refractivity contribution is 0.165. The van der Waals surface area contributed by atoms with E-state index >= 15 is 0 Å². The third kappa shape index (κ3) is 3.86. The number of nitrogens with zero attached hydrogens (tertiary/aromatic N) is 1. The SMILES string of the molecule is COCCN(C)C(=O)Nc1ccc(F)cc1. The number of methoxy groups -OCH3 is 1. The monoisotopic (exact) mass is 226 g/mol. The molecular formula is C11H15FN2O2. The minimum atomic E-state index is -0.328. The van der Waals surface area contributed by atoms with Gasteiger partial charge in [0.25, 0.3) is 0 Å². The lowest BCUT2D eigenvalue weighted by Gasteiger charge is -2.17. The molecule has 1 N–H and O–H groups in total. The first-order valence-corrected chi connectivity index (χ1v) is 4.90. The van der Waals surface area contributed by atoms with Crippen molar-refractivity contribution in [2.24, 2.45) is 0 Å². The van der Waals surface area contributed by atoms with Crippen molar-refractivity contribution in [3.05, 3.63) is 30.1 Å². The highest BCUT2D eigenvalue weighted by Crippen LogP contribution is 2.08. The molecule has 0 saturated carbocycles. The molecule has 0 bridgehead atoms. The molecule has 0 heterocycles. The number of carbonyl (C=O) groups excluding carboxylic acids is 1. The number of amides is 2. The molecule has 2 amide bonds. The number of urea groups is 1. The van der Waals surface area contributed by atoms with Gasteiger partial charge in [-0.1, -0.05) is 0 Å². The lowest BCUT2D eigenvalue weighted by atomic mass is 10.3. The Morgan fingerprint density at radius 1 is 1.44 bits per heavy atom. The number of nitrogens with one attached hydrogen (secondary N) is 1. The van der Waals surface area contributed by atoms with Gasteiger partial charge in [0.15, 0.2) is 0 Å². The van der Waals surface area contributed by atoms with Crippen LogP contribution in [-0.2, 0) is 4.74 Å². The van der Waals surface area contributed by atoms with Gasteiger partial charge in [0.05, 0.1) is 6.61 Å². The Morgan fingerprint density at radius 3 is 2.62 bits per heavy atom. The van der Waals surface area contributed by atoms with Crippen molar-refractivity contribution in [1.29, 1.82) is 0 Å². The summed E-state index contributed by atoms with van der Waals surface area (Å²) < 4.78 is 17.5. The van der Waals surface area contributed by atoms with E-state index in [9.17, 15) is 9.18 Å². The summed E-state index contributed by atoms with van der Waals surface area (Å²) in [5, 5.41) is 2.64. The summed E-state index contributed by atoms with van der Waals surface area (Å²) in [7, 11) is 3.24. The van der Waals surface area contributed by atoms with Gasteiger partial charge in [-0.15, -0.1) is 0 Å². The molecule has 88 valence electrons. The molecule has 1 aromatic carbocycles. The van der Waals surface area contributed by atoms with Crippen LogP contribution >= 0.6 is 0 Å². The Bertz CT molecular complexity index is 340. The standard InChI is InChI=1S/C11H15FN2O2/c1-14(7-8-16-2)11(15)13-10-5-3-9(12)4-6-10/h3-6H,7-8H2,1-2H3,(H,13,15). The average Bonchev–Trinajstić information content (AvgIpc) is 2.29. The van der Waals surface area contributed by atoms with Crippen LogP contribution in [0.5, 0.6) is 0 Å². The van der Waals surface area contributed by atoms with Crippen molar-refractivity contribution in [2.75, 3.05) is 32.6 Å².